The Kier molecular flexibility index (Phi) is 4.66. The molecule has 0 atom stereocenters. The molecule has 5 heteroatoms. The molecular formula is C16H14F2N2O. The molecular weight excluding hydrogens is 274 g/mol. The fraction of sp³-hybridized carbons (Fsp3) is 0.0625. The highest BCUT2D eigenvalue weighted by Gasteiger charge is 2.09. The van der Waals surface area contributed by atoms with Crippen LogP contribution in [0.2, 0.25) is 0 Å². The van der Waals surface area contributed by atoms with Gasteiger partial charge >= 0.3 is 0 Å². The smallest absolute Gasteiger partial charge is 0.255 e. The van der Waals surface area contributed by atoms with Gasteiger partial charge in [-0.05, 0) is 42.5 Å². The molecule has 2 rings (SSSR count). The number of amides is 1. The van der Waals surface area contributed by atoms with E-state index < -0.39 is 17.5 Å². The number of benzene rings is 2. The number of anilines is 2. The predicted molar refractivity (Wildman–Crippen MR) is 79.4 cm³/mol. The molecule has 2 N–H and O–H groups in total. The largest absolute Gasteiger partial charge is 0.382 e. The molecule has 0 bridgehead atoms. The highest BCUT2D eigenvalue weighted by molar-refractivity contribution is 6.04. The monoisotopic (exact) mass is 288 g/mol. The van der Waals surface area contributed by atoms with Crippen molar-refractivity contribution >= 4 is 17.3 Å². The van der Waals surface area contributed by atoms with Crippen molar-refractivity contribution < 1.29 is 13.6 Å². The first kappa shape index (κ1) is 14.7. The molecule has 21 heavy (non-hydrogen) atoms. The van der Waals surface area contributed by atoms with E-state index >= 15 is 0 Å². The average molecular weight is 288 g/mol. The van der Waals surface area contributed by atoms with Gasteiger partial charge in [-0.15, -0.1) is 6.58 Å². The van der Waals surface area contributed by atoms with Crippen LogP contribution < -0.4 is 10.6 Å². The Hall–Kier alpha value is -2.69. The summed E-state index contributed by atoms with van der Waals surface area (Å²) in [5.74, 6) is -2.53. The van der Waals surface area contributed by atoms with Crippen molar-refractivity contribution in [2.24, 2.45) is 0 Å². The van der Waals surface area contributed by atoms with E-state index in [1.807, 2.05) is 0 Å². The fourth-order valence-corrected chi connectivity index (χ4v) is 1.70. The summed E-state index contributed by atoms with van der Waals surface area (Å²) in [4.78, 5) is 11.9. The Morgan fingerprint density at radius 1 is 1.05 bits per heavy atom. The summed E-state index contributed by atoms with van der Waals surface area (Å²) in [7, 11) is 0. The fourth-order valence-electron chi connectivity index (χ4n) is 1.70. The lowest BCUT2D eigenvalue weighted by Crippen LogP contribution is -2.12. The zero-order chi connectivity index (χ0) is 15.2. The number of carbonyl (C=O) groups excluding carboxylic acids is 1. The van der Waals surface area contributed by atoms with Crippen LogP contribution >= 0.6 is 0 Å². The van der Waals surface area contributed by atoms with E-state index in [9.17, 15) is 13.6 Å². The lowest BCUT2D eigenvalue weighted by molar-refractivity contribution is 0.102. The molecule has 0 aromatic heterocycles. The molecule has 3 nitrogen and oxygen atoms in total. The van der Waals surface area contributed by atoms with Crippen molar-refractivity contribution in [1.29, 1.82) is 0 Å². The van der Waals surface area contributed by atoms with Crippen LogP contribution in [0.3, 0.4) is 0 Å². The second kappa shape index (κ2) is 6.65. The molecule has 0 radical (unpaired) electrons. The molecule has 2 aromatic rings. The molecule has 2 aromatic carbocycles. The number of carbonyl (C=O) groups is 1. The highest BCUT2D eigenvalue weighted by Crippen LogP contribution is 2.15. The number of nitrogens with one attached hydrogen (secondary N) is 2. The molecule has 0 aliphatic heterocycles. The molecule has 0 saturated carbocycles. The van der Waals surface area contributed by atoms with Crippen molar-refractivity contribution in [3.8, 4) is 0 Å². The van der Waals surface area contributed by atoms with Crippen molar-refractivity contribution in [2.45, 2.75) is 0 Å². The quantitative estimate of drug-likeness (QED) is 0.821. The summed E-state index contributed by atoms with van der Waals surface area (Å²) in [5, 5.41) is 5.71. The second-order valence-corrected chi connectivity index (χ2v) is 4.33. The van der Waals surface area contributed by atoms with Crippen LogP contribution in [0.5, 0.6) is 0 Å². The van der Waals surface area contributed by atoms with Crippen LogP contribution in [0.4, 0.5) is 20.2 Å². The molecule has 0 spiro atoms. The van der Waals surface area contributed by atoms with E-state index in [4.69, 9.17) is 0 Å². The van der Waals surface area contributed by atoms with Crippen LogP contribution in [-0.4, -0.2) is 12.5 Å². The minimum absolute atomic E-state index is 0.0581. The summed E-state index contributed by atoms with van der Waals surface area (Å²) in [6, 6.07) is 10.0. The maximum atomic E-state index is 13.1. The van der Waals surface area contributed by atoms with Gasteiger partial charge < -0.3 is 10.6 Å². The maximum absolute atomic E-state index is 13.1. The Balaban J connectivity index is 2.05. The zero-order valence-corrected chi connectivity index (χ0v) is 11.2. The van der Waals surface area contributed by atoms with Gasteiger partial charge in [0.15, 0.2) is 11.6 Å². The summed E-state index contributed by atoms with van der Waals surface area (Å²) in [6.45, 7) is 4.24. The van der Waals surface area contributed by atoms with Crippen molar-refractivity contribution in [3.63, 3.8) is 0 Å². The van der Waals surface area contributed by atoms with Gasteiger partial charge in [0.05, 0.1) is 0 Å². The molecule has 1 amide bonds. The first-order valence-electron chi connectivity index (χ1n) is 6.31. The van der Waals surface area contributed by atoms with Crippen LogP contribution in [-0.2, 0) is 0 Å². The standard InChI is InChI=1S/C16H14F2N2O/c1-2-9-19-12-4-6-13(7-5-12)20-16(21)11-3-8-14(17)15(18)10-11/h2-8,10,19H,1,9H2,(H,20,21). The first-order chi connectivity index (χ1) is 10.1. The van der Waals surface area contributed by atoms with Gasteiger partial charge in [0, 0.05) is 23.5 Å². The minimum atomic E-state index is -1.05. The summed E-state index contributed by atoms with van der Waals surface area (Å²) >= 11 is 0. The molecule has 0 unspecified atom stereocenters. The van der Waals surface area contributed by atoms with Crippen LogP contribution in [0.1, 0.15) is 10.4 Å². The highest BCUT2D eigenvalue weighted by atomic mass is 19.2. The lowest BCUT2D eigenvalue weighted by atomic mass is 10.2. The van der Waals surface area contributed by atoms with E-state index in [1.165, 1.54) is 6.07 Å². The molecule has 0 aliphatic carbocycles. The Labute approximate surface area is 121 Å². The van der Waals surface area contributed by atoms with Gasteiger partial charge in [0.25, 0.3) is 5.91 Å². The third-order valence-corrected chi connectivity index (χ3v) is 2.78. The van der Waals surface area contributed by atoms with Crippen molar-refractivity contribution in [2.75, 3.05) is 17.2 Å². The third-order valence-electron chi connectivity index (χ3n) is 2.78. The molecule has 0 aliphatic rings. The number of halogens is 2. The zero-order valence-electron chi connectivity index (χ0n) is 11.2. The molecule has 0 saturated heterocycles. The van der Waals surface area contributed by atoms with Crippen molar-refractivity contribution in [1.82, 2.24) is 0 Å². The maximum Gasteiger partial charge on any atom is 0.255 e. The molecule has 0 fully saturated rings. The predicted octanol–water partition coefficient (Wildman–Crippen LogP) is 3.82. The normalized spacial score (nSPS) is 10.0. The van der Waals surface area contributed by atoms with E-state index in [1.54, 1.807) is 30.3 Å². The van der Waals surface area contributed by atoms with Gasteiger partial charge in [-0.3, -0.25) is 4.79 Å². The first-order valence-corrected chi connectivity index (χ1v) is 6.31. The van der Waals surface area contributed by atoms with E-state index in [0.29, 0.717) is 12.2 Å². The van der Waals surface area contributed by atoms with Gasteiger partial charge in [-0.1, -0.05) is 6.08 Å². The SMILES string of the molecule is C=CCNc1ccc(NC(=O)c2ccc(F)c(F)c2)cc1. The summed E-state index contributed by atoms with van der Waals surface area (Å²) in [6.07, 6.45) is 1.73. The third kappa shape index (κ3) is 3.89. The molecule has 108 valence electrons. The van der Waals surface area contributed by atoms with E-state index in [-0.39, 0.29) is 5.56 Å². The van der Waals surface area contributed by atoms with Crippen LogP contribution in [0.25, 0.3) is 0 Å². The Morgan fingerprint density at radius 3 is 2.33 bits per heavy atom. The molecule has 0 heterocycles. The van der Waals surface area contributed by atoms with Gasteiger partial charge in [0.1, 0.15) is 0 Å². The van der Waals surface area contributed by atoms with Gasteiger partial charge in [0.2, 0.25) is 0 Å². The van der Waals surface area contributed by atoms with E-state index in [0.717, 1.165) is 17.8 Å². The van der Waals surface area contributed by atoms with Crippen LogP contribution in [0.15, 0.2) is 55.1 Å². The number of hydrogen-bond acceptors (Lipinski definition) is 2. The average Bonchev–Trinajstić information content (AvgIpc) is 2.49. The van der Waals surface area contributed by atoms with E-state index in [2.05, 4.69) is 17.2 Å². The van der Waals surface area contributed by atoms with Crippen LogP contribution in [0, 0.1) is 11.6 Å². The second-order valence-electron chi connectivity index (χ2n) is 4.33. The summed E-state index contributed by atoms with van der Waals surface area (Å²) in [5.41, 5.74) is 1.51. The Morgan fingerprint density at radius 2 is 1.71 bits per heavy atom. The van der Waals surface area contributed by atoms with Gasteiger partial charge in [-0.2, -0.15) is 0 Å². The number of hydrogen-bond donors (Lipinski definition) is 2. The Bertz CT molecular complexity index is 654. The topological polar surface area (TPSA) is 41.1 Å². The number of rotatable bonds is 5. The minimum Gasteiger partial charge on any atom is -0.382 e. The van der Waals surface area contributed by atoms with Gasteiger partial charge in [-0.25, -0.2) is 8.78 Å². The summed E-state index contributed by atoms with van der Waals surface area (Å²) < 4.78 is 25.9. The lowest BCUT2D eigenvalue weighted by Gasteiger charge is -2.07. The van der Waals surface area contributed by atoms with Crippen molar-refractivity contribution in [3.05, 3.63) is 72.3 Å².